The first-order chi connectivity index (χ1) is 34.9. The Hall–Kier alpha value is -6.97. The molecular weight excluding hydrogens is 1020 g/mol. The van der Waals surface area contributed by atoms with Crippen molar-refractivity contribution >= 4 is 95.1 Å². The molecule has 6 aromatic rings. The van der Waals surface area contributed by atoms with Crippen molar-refractivity contribution in [3.05, 3.63) is 160 Å². The molecule has 18 nitrogen and oxygen atoms in total. The van der Waals surface area contributed by atoms with Crippen LogP contribution in [0.4, 0.5) is 39.2 Å². The van der Waals surface area contributed by atoms with Gasteiger partial charge in [0.2, 0.25) is 0 Å². The van der Waals surface area contributed by atoms with Crippen LogP contribution in [-0.4, -0.2) is 96.4 Å². The van der Waals surface area contributed by atoms with E-state index in [9.17, 15) is 36.1 Å². The van der Waals surface area contributed by atoms with Gasteiger partial charge < -0.3 is 36.8 Å². The fourth-order valence-electron chi connectivity index (χ4n) is 7.77. The van der Waals surface area contributed by atoms with Gasteiger partial charge in [0.1, 0.15) is 5.69 Å². The predicted octanol–water partition coefficient (Wildman–Crippen LogP) is 9.08. The van der Waals surface area contributed by atoms with E-state index < -0.39 is 25.6 Å². The minimum Gasteiger partial charge on any atom is -0.355 e. The lowest BCUT2D eigenvalue weighted by Crippen LogP contribution is -2.40. The molecule has 0 radical (unpaired) electrons. The highest BCUT2D eigenvalue weighted by Crippen LogP contribution is 2.32. The molecular formula is C51H56Cl2N10O8S2. The normalized spacial score (nSPS) is 14.0. The highest BCUT2D eigenvalue weighted by molar-refractivity contribution is 7.91. The van der Waals surface area contributed by atoms with Crippen molar-refractivity contribution in [2.24, 2.45) is 22.7 Å². The second-order valence-electron chi connectivity index (χ2n) is 17.3. The maximum atomic E-state index is 12.9. The van der Waals surface area contributed by atoms with Gasteiger partial charge in [-0.3, -0.25) is 9.59 Å². The van der Waals surface area contributed by atoms with Crippen LogP contribution in [0, 0.1) is 16.7 Å². The molecule has 384 valence electrons. The zero-order valence-electron chi connectivity index (χ0n) is 40.1. The third-order valence-corrected chi connectivity index (χ3v) is 14.4. The summed E-state index contributed by atoms with van der Waals surface area (Å²) in [5.74, 6) is 0.996. The first-order valence-electron chi connectivity index (χ1n) is 23.1. The highest BCUT2D eigenvalue weighted by atomic mass is 35.5. The van der Waals surface area contributed by atoms with Crippen LogP contribution in [0.15, 0.2) is 149 Å². The molecule has 2 saturated heterocycles. The number of carbonyl (C=O) groups is 3. The number of nitrogens with two attached hydrogens (primary N) is 1. The number of rotatable bonds is 13. The number of pyridine rings is 2. The fraction of sp³-hybridized carbons (Fsp3) is 0.275. The lowest BCUT2D eigenvalue weighted by molar-refractivity contribution is 0.101. The van der Waals surface area contributed by atoms with E-state index in [1.165, 1.54) is 30.6 Å². The van der Waals surface area contributed by atoms with Crippen molar-refractivity contribution in [3.8, 4) is 0 Å². The van der Waals surface area contributed by atoms with E-state index in [4.69, 9.17) is 28.9 Å². The molecule has 2 fully saturated rings. The summed E-state index contributed by atoms with van der Waals surface area (Å²) in [4.78, 5) is 60.4. The number of carbonyl (C=O) groups excluding carboxylic acids is 3. The predicted molar refractivity (Wildman–Crippen MR) is 288 cm³/mol. The summed E-state index contributed by atoms with van der Waals surface area (Å²) in [6.45, 7) is 3.94. The Morgan fingerprint density at radius 3 is 1.45 bits per heavy atom. The Bertz CT molecular complexity index is 3090. The summed E-state index contributed by atoms with van der Waals surface area (Å²) in [5.41, 5.74) is 8.37. The summed E-state index contributed by atoms with van der Waals surface area (Å²) < 4.78 is 48.2. The number of nitroso groups, excluding NO2 is 1. The van der Waals surface area contributed by atoms with Gasteiger partial charge in [0.25, 0.3) is 11.8 Å². The maximum Gasteiger partial charge on any atom is 0.319 e. The minimum atomic E-state index is -3.53. The Labute approximate surface area is 434 Å². The third-order valence-electron chi connectivity index (χ3n) is 11.8. The summed E-state index contributed by atoms with van der Waals surface area (Å²) >= 11 is 12.0. The van der Waals surface area contributed by atoms with E-state index in [1.807, 2.05) is 46.2 Å². The number of amides is 4. The molecule has 2 aromatic heterocycles. The molecule has 0 spiro atoms. The molecule has 0 saturated carbocycles. The van der Waals surface area contributed by atoms with Crippen molar-refractivity contribution in [3.63, 3.8) is 0 Å². The van der Waals surface area contributed by atoms with Crippen LogP contribution < -0.4 is 36.8 Å². The van der Waals surface area contributed by atoms with E-state index in [1.54, 1.807) is 66.7 Å². The Kier molecular flexibility index (Phi) is 19.8. The van der Waals surface area contributed by atoms with E-state index in [0.29, 0.717) is 82.0 Å². The van der Waals surface area contributed by atoms with Gasteiger partial charge in [0.15, 0.2) is 31.3 Å². The molecule has 22 heteroatoms. The van der Waals surface area contributed by atoms with Crippen LogP contribution in [0.2, 0.25) is 10.0 Å². The third kappa shape index (κ3) is 16.8. The molecule has 2 aliphatic rings. The van der Waals surface area contributed by atoms with Crippen LogP contribution >= 0.6 is 23.2 Å². The minimum absolute atomic E-state index is 0.0150. The molecule has 6 N–H and O–H groups in total. The number of sulfone groups is 2. The molecule has 0 unspecified atom stereocenters. The highest BCUT2D eigenvalue weighted by Gasteiger charge is 2.26. The topological polar surface area (TPSA) is 255 Å². The van der Waals surface area contributed by atoms with Gasteiger partial charge in [0.05, 0.1) is 21.2 Å². The lowest BCUT2D eigenvalue weighted by atomic mass is 9.96. The lowest BCUT2D eigenvalue weighted by Gasteiger charge is -2.34. The van der Waals surface area contributed by atoms with Crippen LogP contribution in [0.25, 0.3) is 0 Å². The molecule has 0 bridgehead atoms. The quantitative estimate of drug-likeness (QED) is 0.0678. The van der Waals surface area contributed by atoms with Crippen molar-refractivity contribution in [1.29, 1.82) is 0 Å². The number of halogens is 2. The van der Waals surface area contributed by atoms with Crippen molar-refractivity contribution < 1.29 is 31.2 Å². The molecule has 8 rings (SSSR count). The summed E-state index contributed by atoms with van der Waals surface area (Å²) in [5, 5.41) is 14.9. The number of piperidine rings is 2. The number of nitrogens with one attached hydrogen (secondary N) is 4. The first kappa shape index (κ1) is 55.3. The Morgan fingerprint density at radius 1 is 0.616 bits per heavy atom. The zero-order valence-corrected chi connectivity index (χ0v) is 43.2. The molecule has 2 aliphatic heterocycles. The van der Waals surface area contributed by atoms with Gasteiger partial charge in [-0.25, -0.2) is 31.6 Å². The first-order valence-corrected chi connectivity index (χ1v) is 27.7. The molecule has 0 aliphatic carbocycles. The van der Waals surface area contributed by atoms with Crippen molar-refractivity contribution in [1.82, 2.24) is 15.3 Å². The molecule has 4 aromatic carbocycles. The van der Waals surface area contributed by atoms with Gasteiger partial charge in [0, 0.05) is 84.5 Å². The summed E-state index contributed by atoms with van der Waals surface area (Å²) in [7, 11) is -6.99. The molecule has 4 amide bonds. The number of benzene rings is 4. The van der Waals surface area contributed by atoms with Crippen LogP contribution in [-0.2, 0) is 19.7 Å². The number of anilines is 5. The monoisotopic (exact) mass is 1070 g/mol. The van der Waals surface area contributed by atoms with Gasteiger partial charge in [-0.2, -0.15) is 0 Å². The second kappa shape index (κ2) is 26.1. The number of hydrogen-bond acceptors (Lipinski definition) is 14. The van der Waals surface area contributed by atoms with Gasteiger partial charge in [-0.05, 0) is 122 Å². The number of hydrogen-bond donors (Lipinski definition) is 5. The summed E-state index contributed by atoms with van der Waals surface area (Å²) in [6.07, 6.45) is 8.28. The largest absolute Gasteiger partial charge is 0.355 e. The van der Waals surface area contributed by atoms with Gasteiger partial charge >= 0.3 is 6.03 Å². The standard InChI is InChI=1S/C26H28ClN5O4S.C19H23ClN4O3S.C6H5NO/c1-37(35,36)22-15-23(31-25(33)19-6-5-7-20(27)14-19)24(28-17-22)32-12-10-18(11-13-32)16-29-26(34)30-21-8-3-2-4-9-21;1-28(26,27)16-10-17(23-19(25)14-3-2-4-15(20)9-14)18(22-12-16)24-7-5-13(11-21)6-8-24;8-7-6-4-2-1-3-5-6/h2-9,14-15,17-18H,10-13,16H2,1H3,(H,31,33)(H2,29,30,34);2-4,9-10,12-13H,5-8,11,21H2,1H3,(H,23,25);1-5H. The fourth-order valence-corrected chi connectivity index (χ4v) is 9.30. The number of para-hydroxylation sites is 1. The average Bonchev–Trinajstić information content (AvgIpc) is 3.38. The summed E-state index contributed by atoms with van der Waals surface area (Å²) in [6, 6.07) is 33.6. The smallest absolute Gasteiger partial charge is 0.319 e. The number of aromatic nitrogens is 2. The molecule has 73 heavy (non-hydrogen) atoms. The average molecular weight is 1070 g/mol. The van der Waals surface area contributed by atoms with E-state index >= 15 is 0 Å². The van der Waals surface area contributed by atoms with Crippen LogP contribution in [0.1, 0.15) is 46.4 Å². The molecule has 4 heterocycles. The SMILES string of the molecule is CS(=O)(=O)c1cnc(N2CCC(CN)CC2)c(NC(=O)c2cccc(Cl)c2)c1.CS(=O)(=O)c1cnc(N2CCC(CNC(=O)Nc3ccccc3)CC2)c(NC(=O)c2cccc(Cl)c2)c1.O=Nc1ccccc1. The van der Waals surface area contributed by atoms with Crippen LogP contribution in [0.3, 0.4) is 0 Å². The van der Waals surface area contributed by atoms with Crippen LogP contribution in [0.5, 0.6) is 0 Å². The maximum absolute atomic E-state index is 12.9. The van der Waals surface area contributed by atoms with Crippen molar-refractivity contribution in [2.75, 3.05) is 77.5 Å². The van der Waals surface area contributed by atoms with Gasteiger partial charge in [-0.15, -0.1) is 4.91 Å². The number of nitrogens with zero attached hydrogens (tertiary/aromatic N) is 5. The van der Waals surface area contributed by atoms with E-state index in [-0.39, 0.29) is 27.6 Å². The number of urea groups is 1. The Morgan fingerprint density at radius 2 is 1.05 bits per heavy atom. The van der Waals surface area contributed by atoms with Gasteiger partial charge in [-0.1, -0.05) is 71.7 Å². The Balaban J connectivity index is 0.000000212. The van der Waals surface area contributed by atoms with E-state index in [2.05, 4.69) is 36.4 Å². The van der Waals surface area contributed by atoms with Crippen molar-refractivity contribution in [2.45, 2.75) is 35.5 Å². The van der Waals surface area contributed by atoms with E-state index in [0.717, 1.165) is 57.0 Å². The zero-order chi connectivity index (χ0) is 52.5. The second-order valence-corrected chi connectivity index (χ2v) is 22.2. The molecule has 0 atom stereocenters.